The molecular formula is C8H15N2O3P. The molecule has 1 rings (SSSR count). The zero-order valence-electron chi connectivity index (χ0n) is 7.71. The van der Waals surface area contributed by atoms with E-state index in [0.717, 1.165) is 0 Å². The summed E-state index contributed by atoms with van der Waals surface area (Å²) in [6, 6.07) is 7.70. The molecule has 0 unspecified atom stereocenters. The Kier molecular flexibility index (Phi) is 6.36. The molecule has 0 atom stereocenters. The molecule has 0 saturated heterocycles. The summed E-state index contributed by atoms with van der Waals surface area (Å²) < 4.78 is 10.5. The lowest BCUT2D eigenvalue weighted by Crippen LogP contribution is -2.11. The van der Waals surface area contributed by atoms with Gasteiger partial charge in [-0.25, -0.2) is 0 Å². The third kappa shape index (κ3) is 5.85. The van der Waals surface area contributed by atoms with Gasteiger partial charge in [0, 0.05) is 13.1 Å². The summed E-state index contributed by atoms with van der Waals surface area (Å²) in [7, 11) is -4.02. The quantitative estimate of drug-likeness (QED) is 0.495. The van der Waals surface area contributed by atoms with E-state index in [1.54, 1.807) is 18.2 Å². The number of hydrogen-bond donors (Lipinski definition) is 4. The van der Waals surface area contributed by atoms with Crippen molar-refractivity contribution in [2.45, 2.75) is 0 Å². The van der Waals surface area contributed by atoms with Crippen LogP contribution in [0.15, 0.2) is 30.3 Å². The van der Waals surface area contributed by atoms with E-state index in [4.69, 9.17) is 21.3 Å². The zero-order chi connectivity index (χ0) is 11.0. The largest absolute Gasteiger partial charge is 0.356 e. The fourth-order valence-electron chi connectivity index (χ4n) is 0.622. The fourth-order valence-corrected chi connectivity index (χ4v) is 1.18. The fraction of sp³-hybridized carbons (Fsp3) is 0.250. The minimum Gasteiger partial charge on any atom is -0.329 e. The van der Waals surface area contributed by atoms with Gasteiger partial charge < -0.3 is 21.3 Å². The number of nitrogens with two attached hydrogens (primary N) is 2. The normalized spacial score (nSPS) is 10.3. The van der Waals surface area contributed by atoms with Gasteiger partial charge in [0.25, 0.3) is 0 Å². The average Bonchev–Trinajstić information content (AvgIpc) is 2.18. The van der Waals surface area contributed by atoms with Gasteiger partial charge in [0.05, 0.1) is 5.30 Å². The van der Waals surface area contributed by atoms with Gasteiger partial charge in [-0.15, -0.1) is 0 Å². The first-order valence-electron chi connectivity index (χ1n) is 4.03. The van der Waals surface area contributed by atoms with E-state index in [2.05, 4.69) is 0 Å². The van der Waals surface area contributed by atoms with Gasteiger partial charge in [0.1, 0.15) is 0 Å². The van der Waals surface area contributed by atoms with Gasteiger partial charge in [0.2, 0.25) is 0 Å². The Morgan fingerprint density at radius 3 is 1.71 bits per heavy atom. The predicted molar refractivity (Wildman–Crippen MR) is 56.2 cm³/mol. The highest BCUT2D eigenvalue weighted by atomic mass is 31.2. The van der Waals surface area contributed by atoms with E-state index in [0.29, 0.717) is 13.1 Å². The molecule has 5 nitrogen and oxygen atoms in total. The molecule has 0 aliphatic rings. The van der Waals surface area contributed by atoms with Crippen molar-refractivity contribution in [1.29, 1.82) is 0 Å². The molecule has 0 fully saturated rings. The lowest BCUT2D eigenvalue weighted by Gasteiger charge is -2.00. The summed E-state index contributed by atoms with van der Waals surface area (Å²) in [4.78, 5) is 17.2. The summed E-state index contributed by atoms with van der Waals surface area (Å²) in [6.45, 7) is 1.19. The third-order valence-electron chi connectivity index (χ3n) is 1.26. The van der Waals surface area contributed by atoms with Crippen molar-refractivity contribution < 1.29 is 14.4 Å². The topological polar surface area (TPSA) is 110 Å². The van der Waals surface area contributed by atoms with Crippen LogP contribution < -0.4 is 16.8 Å². The molecule has 0 radical (unpaired) electrons. The molecule has 0 aliphatic heterocycles. The number of rotatable bonds is 2. The smallest absolute Gasteiger partial charge is 0.329 e. The summed E-state index contributed by atoms with van der Waals surface area (Å²) in [5.41, 5.74) is 9.81. The van der Waals surface area contributed by atoms with Crippen LogP contribution >= 0.6 is 7.60 Å². The Morgan fingerprint density at radius 1 is 1.07 bits per heavy atom. The Balaban J connectivity index is 0.000000364. The van der Waals surface area contributed by atoms with Crippen LogP contribution in [0.25, 0.3) is 0 Å². The van der Waals surface area contributed by atoms with Crippen molar-refractivity contribution in [2.75, 3.05) is 13.1 Å². The van der Waals surface area contributed by atoms with Crippen LogP contribution in [0.4, 0.5) is 0 Å². The SMILES string of the molecule is NCCN.O=P(O)(O)c1ccccc1. The lowest BCUT2D eigenvalue weighted by molar-refractivity contribution is 0.387. The van der Waals surface area contributed by atoms with Crippen LogP contribution in [0.3, 0.4) is 0 Å². The highest BCUT2D eigenvalue weighted by Crippen LogP contribution is 2.32. The Morgan fingerprint density at radius 2 is 1.50 bits per heavy atom. The minimum absolute atomic E-state index is 0.0648. The molecule has 0 heterocycles. The van der Waals surface area contributed by atoms with E-state index >= 15 is 0 Å². The van der Waals surface area contributed by atoms with Crippen molar-refractivity contribution in [3.8, 4) is 0 Å². The lowest BCUT2D eigenvalue weighted by atomic mass is 10.4. The molecule has 0 saturated carbocycles. The molecule has 0 aromatic heterocycles. The standard InChI is InChI=1S/C6H7O3P.C2H8N2/c7-10(8,9)6-4-2-1-3-5-6;3-1-2-4/h1-5H,(H2,7,8,9);1-4H2. The molecule has 1 aromatic carbocycles. The first-order chi connectivity index (χ1) is 6.52. The summed E-state index contributed by atoms with van der Waals surface area (Å²) in [5.74, 6) is 0. The second-order valence-corrected chi connectivity index (χ2v) is 4.06. The average molecular weight is 218 g/mol. The zero-order valence-corrected chi connectivity index (χ0v) is 8.60. The third-order valence-corrected chi connectivity index (χ3v) is 2.23. The van der Waals surface area contributed by atoms with Gasteiger partial charge >= 0.3 is 7.60 Å². The molecule has 80 valence electrons. The molecule has 0 bridgehead atoms. The van der Waals surface area contributed by atoms with Gasteiger partial charge in [-0.05, 0) is 12.1 Å². The Bertz CT molecular complexity index is 284. The maximum atomic E-state index is 10.5. The summed E-state index contributed by atoms with van der Waals surface area (Å²) in [6.07, 6.45) is 0. The van der Waals surface area contributed by atoms with Crippen molar-refractivity contribution >= 4 is 12.9 Å². The summed E-state index contributed by atoms with van der Waals surface area (Å²) >= 11 is 0. The van der Waals surface area contributed by atoms with Gasteiger partial charge in [0.15, 0.2) is 0 Å². The maximum Gasteiger partial charge on any atom is 0.356 e. The Hall–Kier alpha value is -0.710. The monoisotopic (exact) mass is 218 g/mol. The van der Waals surface area contributed by atoms with E-state index in [1.165, 1.54) is 12.1 Å². The van der Waals surface area contributed by atoms with Crippen LogP contribution in [-0.4, -0.2) is 22.9 Å². The molecule has 0 amide bonds. The number of hydrogen-bond acceptors (Lipinski definition) is 3. The van der Waals surface area contributed by atoms with Crippen LogP contribution in [0.1, 0.15) is 0 Å². The molecule has 0 spiro atoms. The van der Waals surface area contributed by atoms with Crippen LogP contribution in [0.2, 0.25) is 0 Å². The molecule has 1 aromatic rings. The second-order valence-electron chi connectivity index (χ2n) is 2.46. The van der Waals surface area contributed by atoms with Crippen LogP contribution in [0.5, 0.6) is 0 Å². The molecule has 0 aliphatic carbocycles. The van der Waals surface area contributed by atoms with Crippen LogP contribution in [-0.2, 0) is 4.57 Å². The summed E-state index contributed by atoms with van der Waals surface area (Å²) in [5, 5.41) is 0.0648. The van der Waals surface area contributed by atoms with Crippen molar-refractivity contribution in [1.82, 2.24) is 0 Å². The van der Waals surface area contributed by atoms with Gasteiger partial charge in [-0.2, -0.15) is 0 Å². The van der Waals surface area contributed by atoms with Gasteiger partial charge in [-0.1, -0.05) is 18.2 Å². The predicted octanol–water partition coefficient (Wildman–Crippen LogP) is -0.607. The number of benzene rings is 1. The molecule has 6 N–H and O–H groups in total. The minimum atomic E-state index is -4.02. The van der Waals surface area contributed by atoms with Gasteiger partial charge in [-0.3, -0.25) is 4.57 Å². The first-order valence-corrected chi connectivity index (χ1v) is 5.65. The molecule has 14 heavy (non-hydrogen) atoms. The van der Waals surface area contributed by atoms with Crippen molar-refractivity contribution in [3.63, 3.8) is 0 Å². The van der Waals surface area contributed by atoms with Crippen LogP contribution in [0, 0.1) is 0 Å². The highest BCUT2D eigenvalue weighted by Gasteiger charge is 2.14. The van der Waals surface area contributed by atoms with E-state index in [9.17, 15) is 4.57 Å². The van der Waals surface area contributed by atoms with E-state index < -0.39 is 7.60 Å². The second kappa shape index (κ2) is 6.70. The van der Waals surface area contributed by atoms with Crippen molar-refractivity contribution in [2.24, 2.45) is 11.5 Å². The van der Waals surface area contributed by atoms with Crippen molar-refractivity contribution in [3.05, 3.63) is 30.3 Å². The van der Waals surface area contributed by atoms with E-state index in [-0.39, 0.29) is 5.30 Å². The highest BCUT2D eigenvalue weighted by molar-refractivity contribution is 7.60. The first kappa shape index (κ1) is 13.3. The van der Waals surface area contributed by atoms with E-state index in [1.807, 2.05) is 0 Å². The molecule has 6 heteroatoms. The molecular weight excluding hydrogens is 203 g/mol. The maximum absolute atomic E-state index is 10.5. The Labute approximate surface area is 82.9 Å².